The molecule has 110 valence electrons. The number of halogens is 1. The maximum Gasteiger partial charge on any atom is 0.255 e. The normalized spacial score (nSPS) is 10.3. The van der Waals surface area contributed by atoms with Gasteiger partial charge in [-0.15, -0.1) is 0 Å². The van der Waals surface area contributed by atoms with Gasteiger partial charge in [-0.3, -0.25) is 4.79 Å². The molecule has 0 saturated carbocycles. The molecule has 2 aromatic rings. The third kappa shape index (κ3) is 3.56. The van der Waals surface area contributed by atoms with E-state index in [1.54, 1.807) is 25.2 Å². The number of hydrogen-bond donors (Lipinski definition) is 2. The summed E-state index contributed by atoms with van der Waals surface area (Å²) < 4.78 is 13.3. The van der Waals surface area contributed by atoms with Crippen LogP contribution in [0.15, 0.2) is 30.3 Å². The van der Waals surface area contributed by atoms with E-state index in [2.05, 4.69) is 15.6 Å². The summed E-state index contributed by atoms with van der Waals surface area (Å²) >= 11 is 0. The molecule has 1 amide bonds. The fraction of sp³-hybridized carbons (Fsp3) is 0.250. The van der Waals surface area contributed by atoms with Gasteiger partial charge in [-0.2, -0.15) is 0 Å². The van der Waals surface area contributed by atoms with E-state index in [1.165, 1.54) is 12.1 Å². The van der Waals surface area contributed by atoms with Crippen LogP contribution in [0.4, 0.5) is 15.9 Å². The van der Waals surface area contributed by atoms with Crippen LogP contribution in [0, 0.1) is 12.7 Å². The quantitative estimate of drug-likeness (QED) is 0.906. The maximum absolute atomic E-state index is 13.3. The average Bonchev–Trinajstić information content (AvgIpc) is 2.50. The highest BCUT2D eigenvalue weighted by atomic mass is 19.1. The summed E-state index contributed by atoms with van der Waals surface area (Å²) in [5.74, 6) is -0.0245. The van der Waals surface area contributed by atoms with Crippen LogP contribution in [-0.4, -0.2) is 17.9 Å². The summed E-state index contributed by atoms with van der Waals surface area (Å²) in [4.78, 5) is 16.7. The lowest BCUT2D eigenvalue weighted by atomic mass is 10.1. The smallest absolute Gasteiger partial charge is 0.255 e. The highest BCUT2D eigenvalue weighted by Gasteiger charge is 2.11. The van der Waals surface area contributed by atoms with Gasteiger partial charge in [-0.05, 0) is 43.2 Å². The van der Waals surface area contributed by atoms with Gasteiger partial charge in [0.15, 0.2) is 0 Å². The van der Waals surface area contributed by atoms with Gasteiger partial charge in [0, 0.05) is 24.0 Å². The van der Waals surface area contributed by atoms with Crippen LogP contribution in [0.2, 0.25) is 0 Å². The predicted molar refractivity (Wildman–Crippen MR) is 82.3 cm³/mol. The molecule has 5 heteroatoms. The average molecular weight is 287 g/mol. The minimum Gasteiger partial charge on any atom is -0.373 e. The van der Waals surface area contributed by atoms with Crippen molar-refractivity contribution in [1.29, 1.82) is 0 Å². The second-order valence-electron chi connectivity index (χ2n) is 4.75. The first-order valence-electron chi connectivity index (χ1n) is 6.79. The van der Waals surface area contributed by atoms with Crippen molar-refractivity contribution in [2.75, 3.05) is 17.7 Å². The number of aromatic nitrogens is 1. The standard InChI is InChI=1S/C16H18FN3O/c1-4-13-7-11(8-15(18-3)19-13)16(21)20-14-9-12(17)6-5-10(14)2/h5-9H,4H2,1-3H3,(H,18,19)(H,20,21). The Kier molecular flexibility index (Phi) is 4.52. The van der Waals surface area contributed by atoms with Gasteiger partial charge >= 0.3 is 0 Å². The number of nitrogens with zero attached hydrogens (tertiary/aromatic N) is 1. The van der Waals surface area contributed by atoms with Crippen LogP contribution >= 0.6 is 0 Å². The minimum absolute atomic E-state index is 0.280. The van der Waals surface area contributed by atoms with Crippen molar-refractivity contribution in [1.82, 2.24) is 4.98 Å². The van der Waals surface area contributed by atoms with Crippen molar-refractivity contribution in [3.05, 3.63) is 53.0 Å². The largest absolute Gasteiger partial charge is 0.373 e. The number of hydrogen-bond acceptors (Lipinski definition) is 3. The van der Waals surface area contributed by atoms with E-state index in [9.17, 15) is 9.18 Å². The van der Waals surface area contributed by atoms with Gasteiger partial charge in [-0.1, -0.05) is 13.0 Å². The Morgan fingerprint density at radius 2 is 2.05 bits per heavy atom. The lowest BCUT2D eigenvalue weighted by Gasteiger charge is -2.10. The van der Waals surface area contributed by atoms with E-state index < -0.39 is 0 Å². The molecule has 0 saturated heterocycles. The minimum atomic E-state index is -0.379. The summed E-state index contributed by atoms with van der Waals surface area (Å²) in [6.45, 7) is 3.79. The van der Waals surface area contributed by atoms with Crippen molar-refractivity contribution in [3.63, 3.8) is 0 Å². The van der Waals surface area contributed by atoms with Crippen molar-refractivity contribution >= 4 is 17.4 Å². The van der Waals surface area contributed by atoms with Gasteiger partial charge in [0.25, 0.3) is 5.91 Å². The van der Waals surface area contributed by atoms with Crippen molar-refractivity contribution in [3.8, 4) is 0 Å². The summed E-state index contributed by atoms with van der Waals surface area (Å²) in [7, 11) is 1.75. The number of benzene rings is 1. The fourth-order valence-corrected chi connectivity index (χ4v) is 1.95. The van der Waals surface area contributed by atoms with Crippen molar-refractivity contribution < 1.29 is 9.18 Å². The Bertz CT molecular complexity index is 648. The molecule has 2 rings (SSSR count). The first-order valence-corrected chi connectivity index (χ1v) is 6.79. The topological polar surface area (TPSA) is 54.0 Å². The molecule has 0 bridgehead atoms. The molecule has 0 aliphatic carbocycles. The van der Waals surface area contributed by atoms with E-state index in [-0.39, 0.29) is 11.7 Å². The second-order valence-corrected chi connectivity index (χ2v) is 4.75. The SMILES string of the molecule is CCc1cc(C(=O)Nc2cc(F)ccc2C)cc(NC)n1. The van der Waals surface area contributed by atoms with Crippen LogP contribution in [0.1, 0.15) is 28.5 Å². The monoisotopic (exact) mass is 287 g/mol. The Balaban J connectivity index is 2.29. The van der Waals surface area contributed by atoms with Crippen LogP contribution in [0.3, 0.4) is 0 Å². The van der Waals surface area contributed by atoms with Gasteiger partial charge in [0.05, 0.1) is 0 Å². The Morgan fingerprint density at radius 3 is 2.71 bits per heavy atom. The van der Waals surface area contributed by atoms with Gasteiger partial charge in [0.1, 0.15) is 11.6 Å². The van der Waals surface area contributed by atoms with Crippen LogP contribution in [0.5, 0.6) is 0 Å². The molecule has 0 aliphatic heterocycles. The Labute approximate surface area is 123 Å². The van der Waals surface area contributed by atoms with Crippen LogP contribution < -0.4 is 10.6 Å². The summed E-state index contributed by atoms with van der Waals surface area (Å²) in [6.07, 6.45) is 0.731. The molecule has 2 N–H and O–H groups in total. The number of carbonyl (C=O) groups excluding carboxylic acids is 1. The number of aryl methyl sites for hydroxylation is 2. The Morgan fingerprint density at radius 1 is 1.29 bits per heavy atom. The molecule has 0 fully saturated rings. The number of rotatable bonds is 4. The van der Waals surface area contributed by atoms with E-state index in [4.69, 9.17) is 0 Å². The Hall–Kier alpha value is -2.43. The number of pyridine rings is 1. The number of amides is 1. The summed E-state index contributed by atoms with van der Waals surface area (Å²) in [6, 6.07) is 7.72. The second kappa shape index (κ2) is 6.35. The molecule has 1 heterocycles. The predicted octanol–water partition coefficient (Wildman–Crippen LogP) is 3.39. The lowest BCUT2D eigenvalue weighted by molar-refractivity contribution is 0.102. The van der Waals surface area contributed by atoms with Crippen molar-refractivity contribution in [2.24, 2.45) is 0 Å². The third-order valence-electron chi connectivity index (χ3n) is 3.21. The molecule has 0 spiro atoms. The molecule has 0 aliphatic rings. The molecule has 0 radical (unpaired) electrons. The number of anilines is 2. The molecular formula is C16H18FN3O. The van der Waals surface area contributed by atoms with Gasteiger partial charge in [0.2, 0.25) is 0 Å². The van der Waals surface area contributed by atoms with E-state index in [0.717, 1.165) is 17.7 Å². The van der Waals surface area contributed by atoms with Crippen LogP contribution in [-0.2, 0) is 6.42 Å². The zero-order valence-corrected chi connectivity index (χ0v) is 12.3. The molecular weight excluding hydrogens is 269 g/mol. The third-order valence-corrected chi connectivity index (χ3v) is 3.21. The van der Waals surface area contributed by atoms with Gasteiger partial charge < -0.3 is 10.6 Å². The number of carbonyl (C=O) groups is 1. The number of nitrogens with one attached hydrogen (secondary N) is 2. The molecule has 0 atom stereocenters. The van der Waals surface area contributed by atoms with E-state index in [1.807, 2.05) is 13.8 Å². The van der Waals surface area contributed by atoms with Crippen molar-refractivity contribution in [2.45, 2.75) is 20.3 Å². The van der Waals surface area contributed by atoms with Gasteiger partial charge in [-0.25, -0.2) is 9.37 Å². The first-order chi connectivity index (χ1) is 10.0. The van der Waals surface area contributed by atoms with Crippen LogP contribution in [0.25, 0.3) is 0 Å². The molecule has 4 nitrogen and oxygen atoms in total. The first kappa shape index (κ1) is 15.0. The molecule has 1 aromatic heterocycles. The molecule has 21 heavy (non-hydrogen) atoms. The maximum atomic E-state index is 13.3. The van der Waals surface area contributed by atoms with E-state index in [0.29, 0.717) is 17.1 Å². The van der Waals surface area contributed by atoms with E-state index >= 15 is 0 Å². The highest BCUT2D eigenvalue weighted by molar-refractivity contribution is 6.05. The summed E-state index contributed by atoms with van der Waals surface area (Å²) in [5, 5.41) is 5.67. The highest BCUT2D eigenvalue weighted by Crippen LogP contribution is 2.18. The zero-order chi connectivity index (χ0) is 15.4. The molecule has 1 aromatic carbocycles. The zero-order valence-electron chi connectivity index (χ0n) is 12.3. The lowest BCUT2D eigenvalue weighted by Crippen LogP contribution is -2.14. The fourth-order valence-electron chi connectivity index (χ4n) is 1.95. The summed E-state index contributed by atoms with van der Waals surface area (Å²) in [5.41, 5.74) is 2.60. The molecule has 0 unspecified atom stereocenters.